The summed E-state index contributed by atoms with van der Waals surface area (Å²) >= 11 is 5.97. The van der Waals surface area contributed by atoms with Crippen LogP contribution in [0.1, 0.15) is 15.9 Å². The van der Waals surface area contributed by atoms with Gasteiger partial charge in [-0.05, 0) is 36.8 Å². The zero-order valence-corrected chi connectivity index (χ0v) is 10.0. The molecule has 0 bridgehead atoms. The number of halogens is 1. The van der Waals surface area contributed by atoms with E-state index < -0.39 is 0 Å². The number of pyridine rings is 1. The van der Waals surface area contributed by atoms with Gasteiger partial charge in [-0.3, -0.25) is 4.79 Å². The largest absolute Gasteiger partial charge is 0.307 e. The lowest BCUT2D eigenvalue weighted by molar-refractivity contribution is 0.102. The van der Waals surface area contributed by atoms with Crippen LogP contribution in [0.3, 0.4) is 0 Å². The first-order valence-corrected chi connectivity index (χ1v) is 5.53. The normalized spacial score (nSPS) is 10.0. The van der Waals surface area contributed by atoms with Gasteiger partial charge in [-0.2, -0.15) is 0 Å². The van der Waals surface area contributed by atoms with Crippen molar-refractivity contribution in [2.24, 2.45) is 0 Å². The Hall–Kier alpha value is -1.87. The van der Waals surface area contributed by atoms with Crippen LogP contribution in [0.5, 0.6) is 0 Å². The monoisotopic (exact) mass is 246 g/mol. The highest BCUT2D eigenvalue weighted by atomic mass is 35.5. The molecule has 1 heterocycles. The third-order valence-electron chi connectivity index (χ3n) is 2.34. The number of amides is 1. The second kappa shape index (κ2) is 4.97. The van der Waals surface area contributed by atoms with Crippen molar-refractivity contribution in [1.82, 2.24) is 4.98 Å². The summed E-state index contributed by atoms with van der Waals surface area (Å²) < 4.78 is 0. The lowest BCUT2D eigenvalue weighted by atomic mass is 10.1. The van der Waals surface area contributed by atoms with E-state index in [1.165, 1.54) is 0 Å². The topological polar surface area (TPSA) is 42.0 Å². The minimum Gasteiger partial charge on any atom is -0.307 e. The fraction of sp³-hybridized carbons (Fsp3) is 0.0769. The number of rotatable bonds is 2. The van der Waals surface area contributed by atoms with E-state index >= 15 is 0 Å². The molecular weight excluding hydrogens is 236 g/mol. The van der Waals surface area contributed by atoms with Crippen LogP contribution in [0.4, 0.5) is 5.82 Å². The molecule has 0 aliphatic carbocycles. The Bertz CT molecular complexity index is 540. The standard InChI is InChI=1S/C13H11ClN2O/c1-9-5-6-10(8-11(9)14)13(17)16-12-4-2-3-7-15-12/h2-8H,1H3,(H,15,16,17). The van der Waals surface area contributed by atoms with Crippen molar-refractivity contribution in [2.75, 3.05) is 5.32 Å². The number of anilines is 1. The van der Waals surface area contributed by atoms with Gasteiger partial charge >= 0.3 is 0 Å². The maximum atomic E-state index is 11.9. The van der Waals surface area contributed by atoms with Crippen molar-refractivity contribution in [3.8, 4) is 0 Å². The SMILES string of the molecule is Cc1ccc(C(=O)Nc2ccccn2)cc1Cl. The van der Waals surface area contributed by atoms with Crippen molar-refractivity contribution >= 4 is 23.3 Å². The van der Waals surface area contributed by atoms with Gasteiger partial charge in [0.1, 0.15) is 5.82 Å². The Morgan fingerprint density at radius 2 is 2.12 bits per heavy atom. The number of benzene rings is 1. The van der Waals surface area contributed by atoms with Crippen LogP contribution >= 0.6 is 11.6 Å². The van der Waals surface area contributed by atoms with Gasteiger partial charge in [0.2, 0.25) is 0 Å². The third kappa shape index (κ3) is 2.82. The summed E-state index contributed by atoms with van der Waals surface area (Å²) in [5.41, 5.74) is 1.47. The Kier molecular flexibility index (Phi) is 3.40. The van der Waals surface area contributed by atoms with Crippen molar-refractivity contribution in [3.63, 3.8) is 0 Å². The van der Waals surface area contributed by atoms with Gasteiger partial charge in [0.25, 0.3) is 5.91 Å². The average Bonchev–Trinajstić information content (AvgIpc) is 2.34. The predicted octanol–water partition coefficient (Wildman–Crippen LogP) is 3.30. The number of nitrogens with one attached hydrogen (secondary N) is 1. The molecule has 86 valence electrons. The highest BCUT2D eigenvalue weighted by molar-refractivity contribution is 6.31. The molecule has 4 heteroatoms. The third-order valence-corrected chi connectivity index (χ3v) is 2.75. The molecule has 3 nitrogen and oxygen atoms in total. The van der Waals surface area contributed by atoms with Crippen LogP contribution in [-0.4, -0.2) is 10.9 Å². The molecule has 0 atom stereocenters. The van der Waals surface area contributed by atoms with E-state index in [0.717, 1.165) is 5.56 Å². The van der Waals surface area contributed by atoms with Gasteiger partial charge < -0.3 is 5.32 Å². The quantitative estimate of drug-likeness (QED) is 0.884. The highest BCUT2D eigenvalue weighted by Crippen LogP contribution is 2.17. The number of carbonyl (C=O) groups excluding carboxylic acids is 1. The molecule has 0 unspecified atom stereocenters. The van der Waals surface area contributed by atoms with Crippen LogP contribution in [0, 0.1) is 6.92 Å². The van der Waals surface area contributed by atoms with Gasteiger partial charge in [-0.15, -0.1) is 0 Å². The molecule has 0 fully saturated rings. The molecule has 1 N–H and O–H groups in total. The molecule has 0 saturated heterocycles. The number of hydrogen-bond acceptors (Lipinski definition) is 2. The lowest BCUT2D eigenvalue weighted by Crippen LogP contribution is -2.12. The first-order chi connectivity index (χ1) is 8.16. The summed E-state index contributed by atoms with van der Waals surface area (Å²) in [6.07, 6.45) is 1.62. The summed E-state index contributed by atoms with van der Waals surface area (Å²) in [5, 5.41) is 3.28. The number of nitrogens with zero attached hydrogens (tertiary/aromatic N) is 1. The fourth-order valence-corrected chi connectivity index (χ4v) is 1.54. The zero-order valence-electron chi connectivity index (χ0n) is 9.27. The maximum Gasteiger partial charge on any atom is 0.256 e. The molecule has 1 aromatic heterocycles. The van der Waals surface area contributed by atoms with E-state index in [1.807, 2.05) is 19.1 Å². The molecule has 0 radical (unpaired) electrons. The molecule has 0 saturated carbocycles. The van der Waals surface area contributed by atoms with E-state index in [2.05, 4.69) is 10.3 Å². The van der Waals surface area contributed by atoms with Gasteiger partial charge in [-0.1, -0.05) is 23.7 Å². The molecular formula is C13H11ClN2O. The summed E-state index contributed by atoms with van der Waals surface area (Å²) in [6.45, 7) is 1.89. The Labute approximate surface area is 104 Å². The zero-order chi connectivity index (χ0) is 12.3. The summed E-state index contributed by atoms with van der Waals surface area (Å²) in [7, 11) is 0. The van der Waals surface area contributed by atoms with Crippen LogP contribution in [0.2, 0.25) is 5.02 Å². The summed E-state index contributed by atoms with van der Waals surface area (Å²) in [4.78, 5) is 15.9. The minimum absolute atomic E-state index is 0.217. The Morgan fingerprint density at radius 1 is 1.29 bits per heavy atom. The maximum absolute atomic E-state index is 11.9. The van der Waals surface area contributed by atoms with Crippen LogP contribution in [0.25, 0.3) is 0 Å². The second-order valence-electron chi connectivity index (χ2n) is 3.63. The molecule has 2 rings (SSSR count). The smallest absolute Gasteiger partial charge is 0.256 e. The number of hydrogen-bond donors (Lipinski definition) is 1. The number of aromatic nitrogens is 1. The average molecular weight is 247 g/mol. The van der Waals surface area contributed by atoms with Crippen molar-refractivity contribution in [1.29, 1.82) is 0 Å². The van der Waals surface area contributed by atoms with Crippen LogP contribution < -0.4 is 5.32 Å². The van der Waals surface area contributed by atoms with E-state index in [9.17, 15) is 4.79 Å². The minimum atomic E-state index is -0.217. The second-order valence-corrected chi connectivity index (χ2v) is 4.04. The predicted molar refractivity (Wildman–Crippen MR) is 68.4 cm³/mol. The van der Waals surface area contributed by atoms with Crippen molar-refractivity contribution in [3.05, 3.63) is 58.7 Å². The van der Waals surface area contributed by atoms with Crippen molar-refractivity contribution in [2.45, 2.75) is 6.92 Å². The van der Waals surface area contributed by atoms with Crippen LogP contribution in [0.15, 0.2) is 42.6 Å². The number of aryl methyl sites for hydroxylation is 1. The molecule has 2 aromatic rings. The summed E-state index contributed by atoms with van der Waals surface area (Å²) in [6, 6.07) is 10.5. The first kappa shape index (κ1) is 11.6. The fourth-order valence-electron chi connectivity index (χ4n) is 1.36. The van der Waals surface area contributed by atoms with Gasteiger partial charge in [0.05, 0.1) is 0 Å². The van der Waals surface area contributed by atoms with E-state index in [1.54, 1.807) is 30.5 Å². The molecule has 1 amide bonds. The van der Waals surface area contributed by atoms with Gasteiger partial charge in [0, 0.05) is 16.8 Å². The van der Waals surface area contributed by atoms with Crippen molar-refractivity contribution < 1.29 is 4.79 Å². The summed E-state index contributed by atoms with van der Waals surface area (Å²) in [5.74, 6) is 0.305. The van der Waals surface area contributed by atoms with E-state index in [-0.39, 0.29) is 5.91 Å². The molecule has 0 aliphatic rings. The molecule has 0 spiro atoms. The van der Waals surface area contributed by atoms with Gasteiger partial charge in [0.15, 0.2) is 0 Å². The van der Waals surface area contributed by atoms with E-state index in [4.69, 9.17) is 11.6 Å². The Morgan fingerprint density at radius 3 is 2.76 bits per heavy atom. The molecule has 0 aliphatic heterocycles. The molecule has 17 heavy (non-hydrogen) atoms. The Balaban J connectivity index is 2.18. The van der Waals surface area contributed by atoms with Crippen LogP contribution in [-0.2, 0) is 0 Å². The first-order valence-electron chi connectivity index (χ1n) is 5.15. The highest BCUT2D eigenvalue weighted by Gasteiger charge is 2.07. The lowest BCUT2D eigenvalue weighted by Gasteiger charge is -2.05. The number of carbonyl (C=O) groups is 1. The van der Waals surface area contributed by atoms with Gasteiger partial charge in [-0.25, -0.2) is 4.98 Å². The van der Waals surface area contributed by atoms with E-state index in [0.29, 0.717) is 16.4 Å². The molecule has 1 aromatic carbocycles.